The SMILES string of the molecule is C[C@@H]1C(=O)CC[C@]2(c3cccc(F)c3)c3n[nH]cc3CC[C@@H]12. The van der Waals surface area contributed by atoms with Crippen LogP contribution in [0.4, 0.5) is 4.39 Å². The lowest BCUT2D eigenvalue weighted by Crippen LogP contribution is -2.49. The second-order valence-corrected chi connectivity index (χ2v) is 6.64. The van der Waals surface area contributed by atoms with Gasteiger partial charge in [-0.2, -0.15) is 5.10 Å². The highest BCUT2D eigenvalue weighted by molar-refractivity contribution is 5.83. The van der Waals surface area contributed by atoms with E-state index in [1.54, 1.807) is 12.1 Å². The molecule has 0 bridgehead atoms. The van der Waals surface area contributed by atoms with Gasteiger partial charge in [-0.3, -0.25) is 9.89 Å². The minimum Gasteiger partial charge on any atom is -0.299 e. The number of hydrogen-bond donors (Lipinski definition) is 1. The van der Waals surface area contributed by atoms with E-state index in [2.05, 4.69) is 10.2 Å². The number of benzene rings is 1. The third-order valence-corrected chi connectivity index (χ3v) is 5.72. The Morgan fingerprint density at radius 1 is 1.36 bits per heavy atom. The number of ketones is 1. The Bertz CT molecular complexity index is 738. The fraction of sp³-hybridized carbons (Fsp3) is 0.444. The molecule has 0 radical (unpaired) electrons. The van der Waals surface area contributed by atoms with Crippen molar-refractivity contribution >= 4 is 5.78 Å². The molecule has 0 amide bonds. The minimum atomic E-state index is -0.330. The molecule has 4 heteroatoms. The molecule has 2 aromatic rings. The molecule has 1 saturated carbocycles. The summed E-state index contributed by atoms with van der Waals surface area (Å²) >= 11 is 0. The van der Waals surface area contributed by atoms with Crippen molar-refractivity contribution in [2.45, 2.75) is 38.0 Å². The van der Waals surface area contributed by atoms with Gasteiger partial charge in [0.2, 0.25) is 0 Å². The quantitative estimate of drug-likeness (QED) is 0.877. The molecule has 0 aliphatic heterocycles. The van der Waals surface area contributed by atoms with E-state index < -0.39 is 0 Å². The van der Waals surface area contributed by atoms with Crippen LogP contribution in [0.25, 0.3) is 0 Å². The molecule has 0 saturated heterocycles. The third kappa shape index (κ3) is 1.73. The first-order valence-electron chi connectivity index (χ1n) is 7.95. The second kappa shape index (κ2) is 4.77. The minimum absolute atomic E-state index is 0.00173. The van der Waals surface area contributed by atoms with E-state index in [1.807, 2.05) is 19.2 Å². The number of carbonyl (C=O) groups excluding carboxylic acids is 1. The molecule has 0 unspecified atom stereocenters. The van der Waals surface area contributed by atoms with Gasteiger partial charge in [0.05, 0.1) is 5.69 Å². The Balaban J connectivity index is 1.96. The Morgan fingerprint density at radius 3 is 3.05 bits per heavy atom. The van der Waals surface area contributed by atoms with Crippen LogP contribution in [-0.4, -0.2) is 16.0 Å². The third-order valence-electron chi connectivity index (χ3n) is 5.72. The number of rotatable bonds is 1. The summed E-state index contributed by atoms with van der Waals surface area (Å²) in [6.45, 7) is 2.03. The van der Waals surface area contributed by atoms with Crippen LogP contribution in [-0.2, 0) is 16.6 Å². The first-order valence-corrected chi connectivity index (χ1v) is 7.95. The predicted molar refractivity (Wildman–Crippen MR) is 81.0 cm³/mol. The van der Waals surface area contributed by atoms with E-state index in [0.717, 1.165) is 30.5 Å². The second-order valence-electron chi connectivity index (χ2n) is 6.64. The standard InChI is InChI=1S/C18H19FN2O/c1-11-15-6-5-12-10-20-21-17(12)18(15,8-7-16(11)22)13-3-2-4-14(19)9-13/h2-4,9-11,15H,5-8H2,1H3,(H,20,21)/t11-,15-,18+/m0/s1. The van der Waals surface area contributed by atoms with E-state index in [4.69, 9.17) is 0 Å². The number of carbonyl (C=O) groups is 1. The number of aryl methyl sites for hydroxylation is 1. The molecule has 1 aromatic carbocycles. The van der Waals surface area contributed by atoms with Crippen LogP contribution >= 0.6 is 0 Å². The van der Waals surface area contributed by atoms with E-state index in [0.29, 0.717) is 12.2 Å². The van der Waals surface area contributed by atoms with Crippen LogP contribution in [0.3, 0.4) is 0 Å². The molecular weight excluding hydrogens is 279 g/mol. The molecule has 114 valence electrons. The molecule has 1 aromatic heterocycles. The van der Waals surface area contributed by atoms with Crippen molar-refractivity contribution in [3.63, 3.8) is 0 Å². The van der Waals surface area contributed by atoms with Crippen LogP contribution in [0.5, 0.6) is 0 Å². The van der Waals surface area contributed by atoms with Gasteiger partial charge < -0.3 is 0 Å². The van der Waals surface area contributed by atoms with E-state index in [-0.39, 0.29) is 23.1 Å². The van der Waals surface area contributed by atoms with Gasteiger partial charge in [-0.15, -0.1) is 0 Å². The number of nitrogens with zero attached hydrogens (tertiary/aromatic N) is 1. The lowest BCUT2D eigenvalue weighted by Gasteiger charge is -2.49. The van der Waals surface area contributed by atoms with Crippen molar-refractivity contribution in [2.24, 2.45) is 11.8 Å². The van der Waals surface area contributed by atoms with Gasteiger partial charge in [-0.25, -0.2) is 4.39 Å². The van der Waals surface area contributed by atoms with E-state index in [9.17, 15) is 9.18 Å². The van der Waals surface area contributed by atoms with Gasteiger partial charge in [-0.05, 0) is 48.4 Å². The summed E-state index contributed by atoms with van der Waals surface area (Å²) in [4.78, 5) is 12.2. The van der Waals surface area contributed by atoms with Gasteiger partial charge in [0.25, 0.3) is 0 Å². The summed E-state index contributed by atoms with van der Waals surface area (Å²) in [6, 6.07) is 6.85. The Morgan fingerprint density at radius 2 is 2.23 bits per heavy atom. The molecule has 4 rings (SSSR count). The maximum absolute atomic E-state index is 13.9. The normalized spacial score (nSPS) is 30.7. The summed E-state index contributed by atoms with van der Waals surface area (Å²) in [5, 5.41) is 7.50. The molecule has 2 aliphatic carbocycles. The van der Waals surface area contributed by atoms with Crippen LogP contribution in [0.2, 0.25) is 0 Å². The van der Waals surface area contributed by atoms with Crippen molar-refractivity contribution in [1.29, 1.82) is 0 Å². The number of hydrogen-bond acceptors (Lipinski definition) is 2. The molecular formula is C18H19FN2O. The molecule has 1 N–H and O–H groups in total. The number of halogens is 1. The van der Waals surface area contributed by atoms with Gasteiger partial charge in [0, 0.05) is 24.0 Å². The molecule has 0 spiro atoms. The first kappa shape index (κ1) is 13.7. The van der Waals surface area contributed by atoms with Gasteiger partial charge >= 0.3 is 0 Å². The number of fused-ring (bicyclic) bond motifs is 3. The molecule has 1 heterocycles. The average molecular weight is 298 g/mol. The Kier molecular flexibility index (Phi) is 2.96. The number of aromatic nitrogens is 2. The molecule has 1 fully saturated rings. The summed E-state index contributed by atoms with van der Waals surface area (Å²) in [7, 11) is 0. The highest BCUT2D eigenvalue weighted by Gasteiger charge is 2.53. The fourth-order valence-corrected chi connectivity index (χ4v) is 4.64. The number of nitrogens with one attached hydrogen (secondary N) is 1. The molecule has 3 nitrogen and oxygen atoms in total. The van der Waals surface area contributed by atoms with Crippen LogP contribution in [0.1, 0.15) is 43.0 Å². The van der Waals surface area contributed by atoms with Crippen molar-refractivity contribution in [2.75, 3.05) is 0 Å². The van der Waals surface area contributed by atoms with Crippen molar-refractivity contribution in [1.82, 2.24) is 10.2 Å². The van der Waals surface area contributed by atoms with Crippen molar-refractivity contribution in [3.05, 3.63) is 53.1 Å². The van der Waals surface area contributed by atoms with Crippen LogP contribution in [0.15, 0.2) is 30.5 Å². The smallest absolute Gasteiger partial charge is 0.136 e. The number of aromatic amines is 1. The maximum atomic E-state index is 13.9. The topological polar surface area (TPSA) is 45.8 Å². The average Bonchev–Trinajstić information content (AvgIpc) is 3.00. The van der Waals surface area contributed by atoms with E-state index >= 15 is 0 Å². The fourth-order valence-electron chi connectivity index (χ4n) is 4.64. The largest absolute Gasteiger partial charge is 0.299 e. The van der Waals surface area contributed by atoms with Gasteiger partial charge in [0.15, 0.2) is 0 Å². The summed E-state index contributed by atoms with van der Waals surface area (Å²) in [5.74, 6) is 0.307. The van der Waals surface area contributed by atoms with Crippen LogP contribution < -0.4 is 0 Å². The number of H-pyrrole nitrogens is 1. The van der Waals surface area contributed by atoms with Crippen molar-refractivity contribution in [3.8, 4) is 0 Å². The maximum Gasteiger partial charge on any atom is 0.136 e. The molecule has 3 atom stereocenters. The zero-order chi connectivity index (χ0) is 15.3. The number of Topliss-reactive ketones (excluding diaryl/α,β-unsaturated/α-hetero) is 1. The lowest BCUT2D eigenvalue weighted by molar-refractivity contribution is -0.128. The predicted octanol–water partition coefficient (Wildman–Crippen LogP) is 3.40. The first-order chi connectivity index (χ1) is 10.6. The van der Waals surface area contributed by atoms with Gasteiger partial charge in [0.1, 0.15) is 11.6 Å². The highest BCUT2D eigenvalue weighted by Crippen LogP contribution is 2.54. The van der Waals surface area contributed by atoms with Crippen LogP contribution in [0, 0.1) is 17.7 Å². The van der Waals surface area contributed by atoms with Gasteiger partial charge in [-0.1, -0.05) is 19.1 Å². The zero-order valence-corrected chi connectivity index (χ0v) is 12.6. The summed E-state index contributed by atoms with van der Waals surface area (Å²) < 4.78 is 13.9. The Hall–Kier alpha value is -1.97. The Labute approximate surface area is 128 Å². The van der Waals surface area contributed by atoms with E-state index in [1.165, 1.54) is 11.6 Å². The summed E-state index contributed by atoms with van der Waals surface area (Å²) in [6.07, 6.45) is 5.11. The van der Waals surface area contributed by atoms with Crippen molar-refractivity contribution < 1.29 is 9.18 Å². The monoisotopic (exact) mass is 298 g/mol. The molecule has 2 aliphatic rings. The molecule has 22 heavy (non-hydrogen) atoms. The zero-order valence-electron chi connectivity index (χ0n) is 12.6. The summed E-state index contributed by atoms with van der Waals surface area (Å²) in [5.41, 5.74) is 2.86. The lowest BCUT2D eigenvalue weighted by atomic mass is 9.53. The highest BCUT2D eigenvalue weighted by atomic mass is 19.1.